The Labute approximate surface area is 145 Å². The van der Waals surface area contributed by atoms with Crippen LogP contribution in [-0.2, 0) is 22.1 Å². The summed E-state index contributed by atoms with van der Waals surface area (Å²) in [7, 11) is 0. The first-order valence-electron chi connectivity index (χ1n) is 7.31. The zero-order valence-electron chi connectivity index (χ0n) is 13.4. The second kappa shape index (κ2) is 7.64. The third-order valence-corrected chi connectivity index (χ3v) is 4.18. The van der Waals surface area contributed by atoms with Crippen molar-refractivity contribution in [1.29, 1.82) is 0 Å². The highest BCUT2D eigenvalue weighted by Gasteiger charge is 2.30. The van der Waals surface area contributed by atoms with E-state index >= 15 is 0 Å². The number of nitrogens with zero attached hydrogens (tertiary/aromatic N) is 1. The van der Waals surface area contributed by atoms with E-state index in [0.29, 0.717) is 5.69 Å². The average molecular weight is 372 g/mol. The monoisotopic (exact) mass is 372 g/mol. The zero-order chi connectivity index (χ0) is 18.6. The van der Waals surface area contributed by atoms with Gasteiger partial charge in [-0.3, -0.25) is 4.79 Å². The number of aryl methyl sites for hydroxylation is 1. The van der Waals surface area contributed by atoms with Gasteiger partial charge in [-0.1, -0.05) is 29.5 Å². The molecule has 134 valence electrons. The van der Waals surface area contributed by atoms with Crippen LogP contribution in [0.3, 0.4) is 0 Å². The van der Waals surface area contributed by atoms with Crippen LogP contribution in [0.15, 0.2) is 24.3 Å². The summed E-state index contributed by atoms with van der Waals surface area (Å²) in [6, 6.07) is 4.55. The van der Waals surface area contributed by atoms with E-state index in [1.165, 1.54) is 12.1 Å². The van der Waals surface area contributed by atoms with Crippen molar-refractivity contribution in [3.63, 3.8) is 0 Å². The van der Waals surface area contributed by atoms with Gasteiger partial charge in [-0.2, -0.15) is 13.2 Å². The van der Waals surface area contributed by atoms with Gasteiger partial charge in [0.05, 0.1) is 24.3 Å². The Bertz CT molecular complexity index is 787. The summed E-state index contributed by atoms with van der Waals surface area (Å²) in [6.45, 7) is 3.49. The first kappa shape index (κ1) is 18.9. The van der Waals surface area contributed by atoms with Crippen LogP contribution in [0.5, 0.6) is 0 Å². The molecular weight excluding hydrogens is 357 g/mol. The molecule has 9 heteroatoms. The fraction of sp³-hybridized carbons (Fsp3) is 0.312. The molecule has 0 spiro atoms. The van der Waals surface area contributed by atoms with Crippen molar-refractivity contribution in [3.8, 4) is 0 Å². The van der Waals surface area contributed by atoms with Crippen LogP contribution in [0.25, 0.3) is 0 Å². The molecule has 0 saturated carbocycles. The van der Waals surface area contributed by atoms with Gasteiger partial charge in [0, 0.05) is 0 Å². The van der Waals surface area contributed by atoms with Crippen molar-refractivity contribution in [2.75, 3.05) is 11.9 Å². The Kier molecular flexibility index (Phi) is 5.78. The van der Waals surface area contributed by atoms with Crippen LogP contribution in [0.2, 0.25) is 0 Å². The largest absolute Gasteiger partial charge is 0.462 e. The second-order valence-corrected chi connectivity index (χ2v) is 6.08. The van der Waals surface area contributed by atoms with E-state index in [1.54, 1.807) is 13.8 Å². The van der Waals surface area contributed by atoms with Crippen molar-refractivity contribution >= 4 is 28.3 Å². The van der Waals surface area contributed by atoms with E-state index in [4.69, 9.17) is 4.74 Å². The number of thiazole rings is 1. The summed E-state index contributed by atoms with van der Waals surface area (Å²) in [5.74, 6) is -1.06. The van der Waals surface area contributed by atoms with Gasteiger partial charge in [0.1, 0.15) is 4.88 Å². The van der Waals surface area contributed by atoms with Crippen LogP contribution in [0.1, 0.15) is 33.4 Å². The number of ether oxygens (including phenoxy) is 1. The lowest BCUT2D eigenvalue weighted by Crippen LogP contribution is -2.15. The topological polar surface area (TPSA) is 68.3 Å². The maximum Gasteiger partial charge on any atom is 0.416 e. The number of alkyl halides is 3. The minimum Gasteiger partial charge on any atom is -0.462 e. The fourth-order valence-electron chi connectivity index (χ4n) is 2.04. The molecule has 1 heterocycles. The molecule has 2 aromatic rings. The normalized spacial score (nSPS) is 11.2. The number of benzene rings is 1. The van der Waals surface area contributed by atoms with Crippen LogP contribution in [0, 0.1) is 6.92 Å². The van der Waals surface area contributed by atoms with E-state index in [2.05, 4.69) is 10.3 Å². The molecule has 1 amide bonds. The van der Waals surface area contributed by atoms with E-state index < -0.39 is 23.6 Å². The minimum atomic E-state index is -4.46. The molecule has 0 saturated heterocycles. The lowest BCUT2D eigenvalue weighted by Gasteiger charge is -2.08. The molecule has 1 aromatic heterocycles. The quantitative estimate of drug-likeness (QED) is 0.810. The van der Waals surface area contributed by atoms with Crippen molar-refractivity contribution in [1.82, 2.24) is 4.98 Å². The van der Waals surface area contributed by atoms with E-state index in [0.717, 1.165) is 23.5 Å². The Morgan fingerprint density at radius 2 is 2.04 bits per heavy atom. The van der Waals surface area contributed by atoms with Crippen LogP contribution < -0.4 is 5.32 Å². The number of nitrogens with one attached hydrogen (secondary N) is 1. The highest BCUT2D eigenvalue weighted by atomic mass is 32.1. The Hall–Kier alpha value is -2.42. The number of carbonyl (C=O) groups excluding carboxylic acids is 2. The maximum atomic E-state index is 12.7. The molecule has 0 bridgehead atoms. The molecule has 0 radical (unpaired) electrons. The zero-order valence-corrected chi connectivity index (χ0v) is 14.3. The molecule has 2 rings (SSSR count). The Morgan fingerprint density at radius 1 is 1.32 bits per heavy atom. The molecule has 0 fully saturated rings. The molecule has 1 aromatic carbocycles. The predicted molar refractivity (Wildman–Crippen MR) is 86.6 cm³/mol. The summed E-state index contributed by atoms with van der Waals surface area (Å²) in [5, 5.41) is 2.68. The maximum absolute atomic E-state index is 12.7. The summed E-state index contributed by atoms with van der Waals surface area (Å²) in [5.41, 5.74) is -0.170. The molecule has 0 aliphatic carbocycles. The van der Waals surface area contributed by atoms with Crippen molar-refractivity contribution in [2.24, 2.45) is 0 Å². The third-order valence-electron chi connectivity index (χ3n) is 3.12. The van der Waals surface area contributed by atoms with E-state index in [9.17, 15) is 22.8 Å². The first-order chi connectivity index (χ1) is 11.7. The lowest BCUT2D eigenvalue weighted by atomic mass is 10.1. The predicted octanol–water partition coefficient (Wildman–Crippen LogP) is 3.83. The molecular formula is C16H15F3N2O3S. The van der Waals surface area contributed by atoms with Gasteiger partial charge in [0.15, 0.2) is 5.13 Å². The van der Waals surface area contributed by atoms with Gasteiger partial charge in [0.25, 0.3) is 0 Å². The number of amides is 1. The third kappa shape index (κ3) is 5.02. The van der Waals surface area contributed by atoms with Crippen molar-refractivity contribution in [2.45, 2.75) is 26.4 Å². The van der Waals surface area contributed by atoms with Gasteiger partial charge >= 0.3 is 12.1 Å². The average Bonchev–Trinajstić information content (AvgIpc) is 2.87. The fourth-order valence-corrected chi connectivity index (χ4v) is 2.92. The second-order valence-electron chi connectivity index (χ2n) is 5.08. The Morgan fingerprint density at radius 3 is 2.68 bits per heavy atom. The van der Waals surface area contributed by atoms with Gasteiger partial charge in [-0.25, -0.2) is 9.78 Å². The number of hydrogen-bond donors (Lipinski definition) is 1. The van der Waals surface area contributed by atoms with Gasteiger partial charge in [-0.05, 0) is 25.5 Å². The molecule has 25 heavy (non-hydrogen) atoms. The summed E-state index contributed by atoms with van der Waals surface area (Å²) in [6.07, 6.45) is -4.70. The highest BCUT2D eigenvalue weighted by molar-refractivity contribution is 7.17. The molecule has 0 aliphatic heterocycles. The van der Waals surface area contributed by atoms with Gasteiger partial charge < -0.3 is 10.1 Å². The number of hydrogen-bond acceptors (Lipinski definition) is 5. The molecule has 0 unspecified atom stereocenters. The number of halogens is 3. The summed E-state index contributed by atoms with van der Waals surface area (Å²) in [4.78, 5) is 28.1. The van der Waals surface area contributed by atoms with Gasteiger partial charge in [-0.15, -0.1) is 0 Å². The van der Waals surface area contributed by atoms with Crippen molar-refractivity contribution in [3.05, 3.63) is 46.0 Å². The molecule has 5 nitrogen and oxygen atoms in total. The van der Waals surface area contributed by atoms with E-state index in [-0.39, 0.29) is 28.6 Å². The minimum absolute atomic E-state index is 0.192. The number of aromatic nitrogens is 1. The molecule has 1 N–H and O–H groups in total. The van der Waals surface area contributed by atoms with Crippen molar-refractivity contribution < 1.29 is 27.5 Å². The van der Waals surface area contributed by atoms with Crippen LogP contribution in [0.4, 0.5) is 18.3 Å². The smallest absolute Gasteiger partial charge is 0.416 e. The van der Waals surface area contributed by atoms with Crippen LogP contribution in [-0.4, -0.2) is 23.5 Å². The summed E-state index contributed by atoms with van der Waals surface area (Å²) >= 11 is 0.956. The first-order valence-corrected chi connectivity index (χ1v) is 8.13. The SMILES string of the molecule is CCOC(=O)c1sc(NC(=O)Cc2cccc(C(F)(F)F)c2)nc1C. The number of anilines is 1. The van der Waals surface area contributed by atoms with E-state index in [1.807, 2.05) is 0 Å². The highest BCUT2D eigenvalue weighted by Crippen LogP contribution is 2.29. The lowest BCUT2D eigenvalue weighted by molar-refractivity contribution is -0.137. The number of rotatable bonds is 5. The van der Waals surface area contributed by atoms with Crippen LogP contribution >= 0.6 is 11.3 Å². The summed E-state index contributed by atoms with van der Waals surface area (Å²) < 4.78 is 42.9. The van der Waals surface area contributed by atoms with Gasteiger partial charge in [0.2, 0.25) is 5.91 Å². The number of esters is 1. The Balaban J connectivity index is 2.06. The number of carbonyl (C=O) groups is 2. The molecule has 0 aliphatic rings. The molecule has 0 atom stereocenters. The standard InChI is InChI=1S/C16H15F3N2O3S/c1-3-24-14(23)13-9(2)20-15(25-13)21-12(22)8-10-5-4-6-11(7-10)16(17,18)19/h4-7H,3,8H2,1-2H3,(H,20,21,22).